The maximum absolute atomic E-state index is 13.5. The monoisotopic (exact) mass is 432 g/mol. The van der Waals surface area contributed by atoms with Crippen molar-refractivity contribution in [1.82, 2.24) is 9.80 Å². The van der Waals surface area contributed by atoms with E-state index in [0.717, 1.165) is 18.5 Å². The Morgan fingerprint density at radius 3 is 2.97 bits per heavy atom. The van der Waals surface area contributed by atoms with Gasteiger partial charge in [-0.25, -0.2) is 4.39 Å². The number of thiophene rings is 1. The fraction of sp³-hybridized carbons (Fsp3) is 0.522. The molecule has 0 saturated heterocycles. The van der Waals surface area contributed by atoms with E-state index in [1.165, 1.54) is 29.9 Å². The fourth-order valence-electron chi connectivity index (χ4n) is 4.13. The molecule has 1 aromatic carbocycles. The number of hydrogen-bond acceptors (Lipinski definition) is 5. The van der Waals surface area contributed by atoms with Gasteiger partial charge in [0.15, 0.2) is 0 Å². The van der Waals surface area contributed by atoms with Gasteiger partial charge in [-0.1, -0.05) is 6.07 Å². The number of nitrogens with zero attached hydrogens (tertiary/aromatic N) is 2. The van der Waals surface area contributed by atoms with Crippen LogP contribution in [0.3, 0.4) is 0 Å². The molecule has 1 N–H and O–H groups in total. The van der Waals surface area contributed by atoms with Crippen LogP contribution in [0.25, 0.3) is 0 Å². The second kappa shape index (κ2) is 9.45. The van der Waals surface area contributed by atoms with E-state index in [1.807, 2.05) is 4.90 Å². The fourth-order valence-corrected chi connectivity index (χ4v) is 5.06. The largest absolute Gasteiger partial charge is 0.491 e. The minimum absolute atomic E-state index is 0.0565. The minimum Gasteiger partial charge on any atom is -0.491 e. The van der Waals surface area contributed by atoms with Crippen molar-refractivity contribution in [3.63, 3.8) is 0 Å². The van der Waals surface area contributed by atoms with Crippen LogP contribution in [-0.2, 0) is 11.2 Å². The van der Waals surface area contributed by atoms with Crippen molar-refractivity contribution in [2.75, 3.05) is 32.8 Å². The lowest BCUT2D eigenvalue weighted by Gasteiger charge is -2.37. The molecule has 0 radical (unpaired) electrons. The molecule has 30 heavy (non-hydrogen) atoms. The molecule has 2 aliphatic rings. The van der Waals surface area contributed by atoms with Crippen LogP contribution in [0, 0.1) is 11.7 Å². The number of rotatable bonds is 9. The first-order chi connectivity index (χ1) is 14.5. The Labute approximate surface area is 181 Å². The summed E-state index contributed by atoms with van der Waals surface area (Å²) in [6, 6.07) is 7.98. The molecule has 0 unspecified atom stereocenters. The van der Waals surface area contributed by atoms with Gasteiger partial charge in [-0.05, 0) is 61.2 Å². The van der Waals surface area contributed by atoms with Gasteiger partial charge in [-0.15, -0.1) is 11.3 Å². The third-order valence-corrected chi connectivity index (χ3v) is 6.71. The van der Waals surface area contributed by atoms with Crippen LogP contribution in [0.5, 0.6) is 5.75 Å². The molecule has 2 atom stereocenters. The van der Waals surface area contributed by atoms with Gasteiger partial charge >= 0.3 is 0 Å². The number of aliphatic hydroxyl groups is 1. The lowest BCUT2D eigenvalue weighted by molar-refractivity contribution is -0.136. The van der Waals surface area contributed by atoms with Gasteiger partial charge in [0.25, 0.3) is 0 Å². The number of benzene rings is 1. The zero-order valence-electron chi connectivity index (χ0n) is 17.3. The van der Waals surface area contributed by atoms with Crippen LogP contribution in [-0.4, -0.2) is 59.7 Å². The molecule has 1 aliphatic heterocycles. The van der Waals surface area contributed by atoms with Gasteiger partial charge in [0.1, 0.15) is 18.2 Å². The summed E-state index contributed by atoms with van der Waals surface area (Å²) in [6.07, 6.45) is 2.79. The van der Waals surface area contributed by atoms with E-state index in [1.54, 1.807) is 30.4 Å². The molecule has 1 fully saturated rings. The number of halogens is 1. The molecular weight excluding hydrogens is 403 g/mol. The maximum atomic E-state index is 13.5. The Balaban J connectivity index is 1.47. The van der Waals surface area contributed by atoms with Crippen LogP contribution < -0.4 is 4.74 Å². The van der Waals surface area contributed by atoms with Crippen molar-refractivity contribution in [3.05, 3.63) is 52.0 Å². The molecule has 2 heterocycles. The molecule has 162 valence electrons. The van der Waals surface area contributed by atoms with Crippen molar-refractivity contribution >= 4 is 17.2 Å². The number of carbonyl (C=O) groups is 1. The van der Waals surface area contributed by atoms with Crippen molar-refractivity contribution in [1.29, 1.82) is 0 Å². The Kier molecular flexibility index (Phi) is 6.71. The number of ether oxygens (including phenoxy) is 1. The number of hydrogen-bond donors (Lipinski definition) is 1. The third kappa shape index (κ3) is 5.39. The van der Waals surface area contributed by atoms with Crippen molar-refractivity contribution in [2.24, 2.45) is 5.92 Å². The summed E-state index contributed by atoms with van der Waals surface area (Å²) in [4.78, 5) is 18.6. The topological polar surface area (TPSA) is 53.0 Å². The molecule has 5 nitrogen and oxygen atoms in total. The summed E-state index contributed by atoms with van der Waals surface area (Å²) in [5.41, 5.74) is 1.13. The number of aliphatic hydroxyl groups excluding tert-OH is 1. The highest BCUT2D eigenvalue weighted by atomic mass is 32.1. The molecule has 0 bridgehead atoms. The van der Waals surface area contributed by atoms with Gasteiger partial charge in [-0.2, -0.15) is 0 Å². The van der Waals surface area contributed by atoms with E-state index in [4.69, 9.17) is 4.74 Å². The van der Waals surface area contributed by atoms with E-state index < -0.39 is 6.10 Å². The summed E-state index contributed by atoms with van der Waals surface area (Å²) in [5, 5.41) is 11.9. The molecule has 1 aromatic heterocycles. The smallest absolute Gasteiger partial charge is 0.237 e. The highest BCUT2D eigenvalue weighted by Gasteiger charge is 2.34. The van der Waals surface area contributed by atoms with Crippen LogP contribution in [0.4, 0.5) is 4.39 Å². The summed E-state index contributed by atoms with van der Waals surface area (Å²) >= 11 is 1.71. The summed E-state index contributed by atoms with van der Waals surface area (Å²) in [5.74, 6) is 0.831. The van der Waals surface area contributed by atoms with Gasteiger partial charge in [0.2, 0.25) is 5.91 Å². The number of fused-ring (bicyclic) bond motifs is 1. The van der Waals surface area contributed by atoms with Crippen molar-refractivity contribution in [3.8, 4) is 5.75 Å². The Hall–Kier alpha value is -1.96. The number of amides is 1. The first kappa shape index (κ1) is 21.3. The molecule has 1 saturated carbocycles. The van der Waals surface area contributed by atoms with Gasteiger partial charge in [0, 0.05) is 30.6 Å². The molecular formula is C23H29FN2O3S. The van der Waals surface area contributed by atoms with Crippen LogP contribution >= 0.6 is 11.3 Å². The van der Waals surface area contributed by atoms with Gasteiger partial charge < -0.3 is 14.7 Å². The average Bonchev–Trinajstić information content (AvgIpc) is 3.37. The maximum Gasteiger partial charge on any atom is 0.237 e. The zero-order valence-corrected chi connectivity index (χ0v) is 18.1. The Bertz CT molecular complexity index is 864. The van der Waals surface area contributed by atoms with Crippen LogP contribution in [0.2, 0.25) is 0 Å². The first-order valence-corrected chi connectivity index (χ1v) is 11.5. The predicted molar refractivity (Wildman–Crippen MR) is 115 cm³/mol. The van der Waals surface area contributed by atoms with Gasteiger partial charge in [0.05, 0.1) is 18.7 Å². The summed E-state index contributed by atoms with van der Waals surface area (Å²) in [7, 11) is 0. The molecule has 4 rings (SSSR count). The van der Waals surface area contributed by atoms with E-state index in [9.17, 15) is 14.3 Å². The highest BCUT2D eigenvalue weighted by Crippen LogP contribution is 2.34. The van der Waals surface area contributed by atoms with E-state index in [0.29, 0.717) is 31.3 Å². The highest BCUT2D eigenvalue weighted by molar-refractivity contribution is 7.10. The van der Waals surface area contributed by atoms with E-state index in [2.05, 4.69) is 16.3 Å². The van der Waals surface area contributed by atoms with Crippen LogP contribution in [0.1, 0.15) is 36.2 Å². The van der Waals surface area contributed by atoms with Crippen molar-refractivity contribution in [2.45, 2.75) is 38.3 Å². The predicted octanol–water partition coefficient (Wildman–Crippen LogP) is 3.48. The normalized spacial score (nSPS) is 19.6. The van der Waals surface area contributed by atoms with Crippen LogP contribution in [0.15, 0.2) is 35.7 Å². The first-order valence-electron chi connectivity index (χ1n) is 10.6. The number of carbonyl (C=O) groups excluding carboxylic acids is 1. The zero-order chi connectivity index (χ0) is 21.1. The second-order valence-electron chi connectivity index (χ2n) is 8.41. The lowest BCUT2D eigenvalue weighted by atomic mass is 10.0. The standard InChI is InChI=1S/C23H29FN2O3S/c1-16(27)12-25(13-17-5-6-17)14-23(28)26-9-7-22-20(8-10-30-22)21(26)15-29-19-4-2-3-18(24)11-19/h2-4,8,10-11,16-17,21,27H,5-7,9,12-15H2,1H3/t16-,21+/m1/s1. The Morgan fingerprint density at radius 1 is 1.40 bits per heavy atom. The molecule has 0 spiro atoms. The quantitative estimate of drug-likeness (QED) is 0.659. The minimum atomic E-state index is -0.464. The summed E-state index contributed by atoms with van der Waals surface area (Å²) in [6.45, 7) is 4.37. The second-order valence-corrected chi connectivity index (χ2v) is 9.41. The lowest BCUT2D eigenvalue weighted by Crippen LogP contribution is -2.48. The molecule has 1 amide bonds. The van der Waals surface area contributed by atoms with E-state index in [-0.39, 0.29) is 24.4 Å². The Morgan fingerprint density at radius 2 is 2.23 bits per heavy atom. The average molecular weight is 433 g/mol. The van der Waals surface area contributed by atoms with Gasteiger partial charge in [-0.3, -0.25) is 9.69 Å². The molecule has 7 heteroatoms. The van der Waals surface area contributed by atoms with E-state index >= 15 is 0 Å². The molecule has 1 aliphatic carbocycles. The summed E-state index contributed by atoms with van der Waals surface area (Å²) < 4.78 is 19.4. The molecule has 2 aromatic rings. The third-order valence-electron chi connectivity index (χ3n) is 5.71. The SMILES string of the molecule is C[C@@H](O)CN(CC(=O)N1CCc2sccc2[C@@H]1COc1cccc(F)c1)CC1CC1. The van der Waals surface area contributed by atoms with Crippen molar-refractivity contribution < 1.29 is 19.0 Å².